The predicted octanol–water partition coefficient (Wildman–Crippen LogP) is 1.72. The molecule has 0 bridgehead atoms. The molecule has 0 fully saturated rings. The lowest BCUT2D eigenvalue weighted by Gasteiger charge is -2.32. The smallest absolute Gasteiger partial charge is 0.266 e. The van der Waals surface area contributed by atoms with E-state index in [1.807, 2.05) is 12.1 Å². The van der Waals surface area contributed by atoms with E-state index in [0.29, 0.717) is 16.5 Å². The summed E-state index contributed by atoms with van der Waals surface area (Å²) in [5.41, 5.74) is 2.29. The zero-order valence-corrected chi connectivity index (χ0v) is 11.9. The van der Waals surface area contributed by atoms with Gasteiger partial charge in [0, 0.05) is 16.5 Å². The first-order chi connectivity index (χ1) is 10.6. The molecule has 6 heteroatoms. The van der Waals surface area contributed by atoms with Crippen LogP contribution in [0.5, 0.6) is 0 Å². The summed E-state index contributed by atoms with van der Waals surface area (Å²) >= 11 is 0. The molecule has 6 nitrogen and oxygen atoms in total. The zero-order chi connectivity index (χ0) is 15.9. The van der Waals surface area contributed by atoms with Crippen LogP contribution in [0.25, 0.3) is 10.8 Å². The van der Waals surface area contributed by atoms with Gasteiger partial charge in [-0.1, -0.05) is 31.2 Å². The van der Waals surface area contributed by atoms with Crippen LogP contribution in [-0.4, -0.2) is 33.9 Å². The maximum absolute atomic E-state index is 12.7. The molecule has 0 aromatic heterocycles. The summed E-state index contributed by atoms with van der Waals surface area (Å²) < 4.78 is 0. The van der Waals surface area contributed by atoms with E-state index >= 15 is 0 Å². The monoisotopic (exact) mass is 298 g/mol. The summed E-state index contributed by atoms with van der Waals surface area (Å²) in [5, 5.41) is 10.2. The third kappa shape index (κ3) is 1.88. The lowest BCUT2D eigenvalue weighted by Crippen LogP contribution is -2.53. The lowest BCUT2D eigenvalue weighted by atomic mass is 9.93. The van der Waals surface area contributed by atoms with Gasteiger partial charge >= 0.3 is 0 Å². The molecule has 3 rings (SSSR count). The predicted molar refractivity (Wildman–Crippen MR) is 78.5 cm³/mol. The number of carbonyl (C=O) groups is 3. The average molecular weight is 298 g/mol. The molecule has 0 radical (unpaired) electrons. The first-order valence-corrected chi connectivity index (χ1v) is 6.93. The van der Waals surface area contributed by atoms with Crippen LogP contribution in [0.4, 0.5) is 0 Å². The first-order valence-electron chi connectivity index (χ1n) is 6.93. The maximum atomic E-state index is 12.7. The molecular weight excluding hydrogens is 284 g/mol. The maximum Gasteiger partial charge on any atom is 0.266 e. The van der Waals surface area contributed by atoms with Gasteiger partial charge in [0.15, 0.2) is 0 Å². The zero-order valence-electron chi connectivity index (χ0n) is 11.9. The minimum atomic E-state index is -1.05. The molecule has 1 atom stereocenters. The Hall–Kier alpha value is -2.73. The van der Waals surface area contributed by atoms with Gasteiger partial charge in [0.2, 0.25) is 0 Å². The second-order valence-corrected chi connectivity index (χ2v) is 5.09. The molecule has 22 heavy (non-hydrogen) atoms. The van der Waals surface area contributed by atoms with Crippen molar-refractivity contribution in [1.82, 2.24) is 10.4 Å². The quantitative estimate of drug-likeness (QED) is 0.513. The van der Waals surface area contributed by atoms with Crippen molar-refractivity contribution in [2.24, 2.45) is 0 Å². The van der Waals surface area contributed by atoms with E-state index in [-0.39, 0.29) is 6.42 Å². The Morgan fingerprint density at radius 1 is 1.14 bits per heavy atom. The highest BCUT2D eigenvalue weighted by Crippen LogP contribution is 2.31. The van der Waals surface area contributed by atoms with Crippen molar-refractivity contribution in [3.63, 3.8) is 0 Å². The van der Waals surface area contributed by atoms with Crippen LogP contribution in [0, 0.1) is 0 Å². The minimum Gasteiger partial charge on any atom is -0.289 e. The molecule has 1 heterocycles. The Kier molecular flexibility index (Phi) is 3.38. The van der Waals surface area contributed by atoms with Crippen molar-refractivity contribution >= 4 is 28.5 Å². The summed E-state index contributed by atoms with van der Waals surface area (Å²) in [6.45, 7) is 1.67. The topological polar surface area (TPSA) is 86.7 Å². The molecular formula is C16H14N2O4. The summed E-state index contributed by atoms with van der Waals surface area (Å²) in [6, 6.07) is 9.36. The van der Waals surface area contributed by atoms with E-state index in [0.717, 1.165) is 10.3 Å². The van der Waals surface area contributed by atoms with Crippen molar-refractivity contribution in [3.05, 3.63) is 47.5 Å². The second kappa shape index (κ2) is 5.23. The minimum absolute atomic E-state index is 0.210. The van der Waals surface area contributed by atoms with E-state index in [1.54, 1.807) is 31.2 Å². The van der Waals surface area contributed by atoms with E-state index in [4.69, 9.17) is 5.21 Å². The number of hydrogen-bond acceptors (Lipinski definition) is 4. The van der Waals surface area contributed by atoms with E-state index in [9.17, 15) is 14.4 Å². The van der Waals surface area contributed by atoms with Gasteiger partial charge in [-0.05, 0) is 23.9 Å². The molecule has 0 saturated carbocycles. The van der Waals surface area contributed by atoms with Crippen molar-refractivity contribution in [1.29, 1.82) is 0 Å². The summed E-state index contributed by atoms with van der Waals surface area (Å²) in [4.78, 5) is 38.1. The number of nitrogens with zero attached hydrogens (tertiary/aromatic N) is 1. The third-order valence-corrected chi connectivity index (χ3v) is 3.91. The number of nitrogens with one attached hydrogen (secondary N) is 1. The number of benzene rings is 2. The molecule has 1 aliphatic heterocycles. The molecule has 0 saturated heterocycles. The van der Waals surface area contributed by atoms with Crippen molar-refractivity contribution in [2.75, 3.05) is 0 Å². The van der Waals surface area contributed by atoms with Gasteiger partial charge in [-0.25, -0.2) is 5.48 Å². The van der Waals surface area contributed by atoms with Gasteiger partial charge < -0.3 is 0 Å². The molecule has 2 aromatic rings. The standard InChI is InChI=1S/C16H14N2O4/c1-2-12(14(19)17-22)18-15(20)10-7-3-5-9-6-4-8-11(13(9)10)16(18)21/h3-8,12,22H,2H2,1H3,(H,17,19). The van der Waals surface area contributed by atoms with Crippen LogP contribution in [-0.2, 0) is 4.79 Å². The van der Waals surface area contributed by atoms with E-state index < -0.39 is 23.8 Å². The van der Waals surface area contributed by atoms with Gasteiger partial charge in [0.05, 0.1) is 0 Å². The number of carbonyl (C=O) groups excluding carboxylic acids is 3. The number of amides is 3. The molecule has 112 valence electrons. The van der Waals surface area contributed by atoms with Gasteiger partial charge in [-0.2, -0.15) is 0 Å². The fraction of sp³-hybridized carbons (Fsp3) is 0.188. The van der Waals surface area contributed by atoms with Crippen molar-refractivity contribution in [3.8, 4) is 0 Å². The highest BCUT2D eigenvalue weighted by molar-refractivity contribution is 6.26. The van der Waals surface area contributed by atoms with Crippen LogP contribution < -0.4 is 5.48 Å². The van der Waals surface area contributed by atoms with Gasteiger partial charge in [0.1, 0.15) is 6.04 Å². The third-order valence-electron chi connectivity index (χ3n) is 3.91. The Morgan fingerprint density at radius 2 is 1.68 bits per heavy atom. The summed E-state index contributed by atoms with van der Waals surface area (Å²) in [6.07, 6.45) is 0.210. The Balaban J connectivity index is 2.21. The molecule has 3 amide bonds. The summed E-state index contributed by atoms with van der Waals surface area (Å²) in [5.74, 6) is -1.83. The average Bonchev–Trinajstić information content (AvgIpc) is 2.55. The van der Waals surface area contributed by atoms with Gasteiger partial charge in [0.25, 0.3) is 17.7 Å². The van der Waals surface area contributed by atoms with Crippen LogP contribution in [0.15, 0.2) is 36.4 Å². The van der Waals surface area contributed by atoms with Crippen LogP contribution in [0.1, 0.15) is 34.1 Å². The van der Waals surface area contributed by atoms with Crippen molar-refractivity contribution < 1.29 is 19.6 Å². The highest BCUT2D eigenvalue weighted by Gasteiger charge is 2.39. The molecule has 2 aromatic carbocycles. The number of rotatable bonds is 3. The fourth-order valence-corrected chi connectivity index (χ4v) is 2.89. The Morgan fingerprint density at radius 3 is 2.14 bits per heavy atom. The van der Waals surface area contributed by atoms with Crippen LogP contribution >= 0.6 is 0 Å². The van der Waals surface area contributed by atoms with Crippen LogP contribution in [0.2, 0.25) is 0 Å². The number of imide groups is 1. The molecule has 0 spiro atoms. The van der Waals surface area contributed by atoms with E-state index in [2.05, 4.69) is 0 Å². The number of hydrogen-bond donors (Lipinski definition) is 2. The lowest BCUT2D eigenvalue weighted by molar-refractivity contribution is -0.133. The van der Waals surface area contributed by atoms with Gasteiger partial charge in [-0.3, -0.25) is 24.5 Å². The van der Waals surface area contributed by atoms with Crippen LogP contribution in [0.3, 0.4) is 0 Å². The molecule has 2 N–H and O–H groups in total. The number of hydroxylamine groups is 1. The Bertz CT molecular complexity index is 749. The fourth-order valence-electron chi connectivity index (χ4n) is 2.89. The summed E-state index contributed by atoms with van der Waals surface area (Å²) in [7, 11) is 0. The normalized spacial score (nSPS) is 15.1. The largest absolute Gasteiger partial charge is 0.289 e. The highest BCUT2D eigenvalue weighted by atomic mass is 16.5. The Labute approximate surface area is 126 Å². The molecule has 1 aliphatic rings. The molecule has 1 unspecified atom stereocenters. The van der Waals surface area contributed by atoms with Crippen molar-refractivity contribution in [2.45, 2.75) is 19.4 Å². The first kappa shape index (κ1) is 14.2. The molecule has 0 aliphatic carbocycles. The van der Waals surface area contributed by atoms with Gasteiger partial charge in [-0.15, -0.1) is 0 Å². The second-order valence-electron chi connectivity index (χ2n) is 5.09. The SMILES string of the molecule is CCC(C(=O)NO)N1C(=O)c2cccc3cccc(c23)C1=O. The van der Waals surface area contributed by atoms with E-state index in [1.165, 1.54) is 5.48 Å².